The molecule has 2 N–H and O–H groups in total. The molecule has 9 atom stereocenters. The first-order chi connectivity index (χ1) is 13.8. The summed E-state index contributed by atoms with van der Waals surface area (Å²) in [6.07, 6.45) is 12.4. The van der Waals surface area contributed by atoms with Crippen molar-refractivity contribution in [3.63, 3.8) is 0 Å². The average molecular weight is 405 g/mol. The van der Waals surface area contributed by atoms with Crippen LogP contribution in [0.4, 0.5) is 0 Å². The second-order valence-corrected chi connectivity index (χ2v) is 11.3. The summed E-state index contributed by atoms with van der Waals surface area (Å²) in [4.78, 5) is 0. The summed E-state index contributed by atoms with van der Waals surface area (Å²) in [7, 11) is 0. The van der Waals surface area contributed by atoms with E-state index in [1.54, 1.807) is 0 Å². The molecule has 0 spiro atoms. The van der Waals surface area contributed by atoms with Crippen LogP contribution in [0.5, 0.6) is 0 Å². The molecule has 1 aliphatic heterocycles. The Labute approximate surface area is 176 Å². The molecule has 4 heteroatoms. The molecule has 0 aromatic rings. The lowest BCUT2D eigenvalue weighted by Gasteiger charge is -2.64. The van der Waals surface area contributed by atoms with Gasteiger partial charge in [0.05, 0.1) is 24.9 Å². The van der Waals surface area contributed by atoms with Gasteiger partial charge < -0.3 is 19.7 Å². The van der Waals surface area contributed by atoms with Crippen LogP contribution in [-0.4, -0.2) is 41.4 Å². The molecule has 5 rings (SSSR count). The van der Waals surface area contributed by atoms with Crippen molar-refractivity contribution in [3.8, 4) is 0 Å². The third-order valence-corrected chi connectivity index (χ3v) is 10.4. The number of aliphatic hydroxyl groups excluding tert-OH is 1. The summed E-state index contributed by atoms with van der Waals surface area (Å²) >= 11 is 0. The van der Waals surface area contributed by atoms with Crippen LogP contribution in [0, 0.1) is 40.4 Å². The Morgan fingerprint density at radius 1 is 0.966 bits per heavy atom. The minimum Gasteiger partial charge on any atom is -0.393 e. The van der Waals surface area contributed by atoms with Crippen molar-refractivity contribution in [2.45, 2.75) is 90.1 Å². The van der Waals surface area contributed by atoms with E-state index in [2.05, 4.69) is 32.9 Å². The fourth-order valence-electron chi connectivity index (χ4n) is 8.80. The lowest BCUT2D eigenvalue weighted by atomic mass is 9.42. The normalized spacial score (nSPS) is 55.6. The van der Waals surface area contributed by atoms with Crippen LogP contribution >= 0.6 is 0 Å². The Morgan fingerprint density at radius 3 is 2.45 bits per heavy atom. The minimum atomic E-state index is -0.542. The number of aliphatic hydroxyl groups is 2. The van der Waals surface area contributed by atoms with E-state index in [4.69, 9.17) is 9.47 Å². The van der Waals surface area contributed by atoms with E-state index in [-0.39, 0.29) is 29.1 Å². The summed E-state index contributed by atoms with van der Waals surface area (Å²) in [5.74, 6) is 2.06. The molecular weight excluding hydrogens is 364 g/mol. The van der Waals surface area contributed by atoms with E-state index >= 15 is 0 Å². The van der Waals surface area contributed by atoms with Crippen LogP contribution in [0.25, 0.3) is 0 Å². The molecule has 0 radical (unpaired) electrons. The van der Waals surface area contributed by atoms with Crippen LogP contribution in [-0.2, 0) is 9.47 Å². The number of fused-ring (bicyclic) bond motifs is 5. The first kappa shape index (κ1) is 20.5. The number of hydrogen-bond acceptors (Lipinski definition) is 4. The third-order valence-electron chi connectivity index (χ3n) is 10.4. The van der Waals surface area contributed by atoms with Crippen LogP contribution in [0.1, 0.15) is 72.1 Å². The van der Waals surface area contributed by atoms with Gasteiger partial charge in [-0.2, -0.15) is 0 Å². The van der Waals surface area contributed by atoms with Gasteiger partial charge in [-0.1, -0.05) is 26.0 Å². The highest BCUT2D eigenvalue weighted by Crippen LogP contribution is 2.69. The first-order valence-electron chi connectivity index (χ1n) is 12.1. The second kappa shape index (κ2) is 7.05. The Bertz CT molecular complexity index is 657. The Hall–Kier alpha value is -0.420. The third kappa shape index (κ3) is 2.78. The molecule has 4 nitrogen and oxygen atoms in total. The molecule has 1 saturated heterocycles. The molecule has 5 aliphatic rings. The fraction of sp³-hybridized carbons (Fsp3) is 0.920. The Kier molecular flexibility index (Phi) is 4.98. The van der Waals surface area contributed by atoms with Crippen molar-refractivity contribution in [1.29, 1.82) is 0 Å². The van der Waals surface area contributed by atoms with E-state index < -0.39 is 5.60 Å². The van der Waals surface area contributed by atoms with Crippen LogP contribution in [0.15, 0.2) is 12.2 Å². The van der Waals surface area contributed by atoms with Crippen molar-refractivity contribution in [2.75, 3.05) is 13.2 Å². The molecule has 4 saturated carbocycles. The molecule has 0 aromatic carbocycles. The zero-order valence-electron chi connectivity index (χ0n) is 18.5. The molecule has 164 valence electrons. The number of hydrogen-bond donors (Lipinski definition) is 2. The quantitative estimate of drug-likeness (QED) is 0.674. The molecule has 0 bridgehead atoms. The van der Waals surface area contributed by atoms with E-state index in [0.717, 1.165) is 44.9 Å². The molecule has 1 unspecified atom stereocenters. The molecule has 0 aromatic heterocycles. The van der Waals surface area contributed by atoms with E-state index in [1.165, 1.54) is 6.42 Å². The van der Waals surface area contributed by atoms with Gasteiger partial charge in [-0.15, -0.1) is 0 Å². The van der Waals surface area contributed by atoms with Crippen LogP contribution in [0.2, 0.25) is 0 Å². The molecule has 4 aliphatic carbocycles. The highest BCUT2D eigenvalue weighted by Gasteiger charge is 2.67. The van der Waals surface area contributed by atoms with Gasteiger partial charge in [-0.25, -0.2) is 0 Å². The van der Waals surface area contributed by atoms with E-state index in [9.17, 15) is 10.2 Å². The standard InChI is InChI=1S/C25H40O4/c1-4-5-16-8-11-25(27)20-7-6-17-14-21(26)18(22-28-12-13-29-22)15-23(17,2)19(20)9-10-24(16,25)3/h4-5,16-22,26-27H,6-15H2,1-3H3/t16-,17+,18?,19-,20+,21+,23-,24+,25-/m0/s1. The fourth-order valence-corrected chi connectivity index (χ4v) is 8.80. The molecule has 5 fully saturated rings. The lowest BCUT2D eigenvalue weighted by Crippen LogP contribution is -2.63. The summed E-state index contributed by atoms with van der Waals surface area (Å²) in [6.45, 7) is 8.23. The molecular formula is C25H40O4. The van der Waals surface area contributed by atoms with Crippen molar-refractivity contribution in [3.05, 3.63) is 12.2 Å². The maximum Gasteiger partial charge on any atom is 0.163 e. The SMILES string of the molecule is CC=C[C@H]1CC[C@]2(O)[C@@H]3CC[C@@H]4C[C@@H](O)C(C5OCCO5)C[C@]4(C)[C@H]3CC[C@]12C. The van der Waals surface area contributed by atoms with Crippen LogP contribution in [0.3, 0.4) is 0 Å². The second-order valence-electron chi connectivity index (χ2n) is 11.3. The minimum absolute atomic E-state index is 0.00906. The lowest BCUT2D eigenvalue weighted by molar-refractivity contribution is -0.227. The summed E-state index contributed by atoms with van der Waals surface area (Å²) < 4.78 is 11.7. The van der Waals surface area contributed by atoms with Crippen molar-refractivity contribution in [1.82, 2.24) is 0 Å². The number of rotatable bonds is 2. The molecule has 0 amide bonds. The average Bonchev–Trinajstić information content (AvgIpc) is 3.30. The van der Waals surface area contributed by atoms with Gasteiger partial charge in [0.25, 0.3) is 0 Å². The van der Waals surface area contributed by atoms with Gasteiger partial charge >= 0.3 is 0 Å². The van der Waals surface area contributed by atoms with Gasteiger partial charge in [0.1, 0.15) is 0 Å². The number of allylic oxidation sites excluding steroid dienone is 2. The Balaban J connectivity index is 1.44. The summed E-state index contributed by atoms with van der Waals surface area (Å²) in [5, 5.41) is 23.1. The Morgan fingerprint density at radius 2 is 1.72 bits per heavy atom. The van der Waals surface area contributed by atoms with Crippen molar-refractivity contribution >= 4 is 0 Å². The van der Waals surface area contributed by atoms with Gasteiger partial charge in [0.2, 0.25) is 0 Å². The van der Waals surface area contributed by atoms with Crippen molar-refractivity contribution in [2.24, 2.45) is 40.4 Å². The predicted octanol–water partition coefficient (Wildman–Crippen LogP) is 4.30. The summed E-state index contributed by atoms with van der Waals surface area (Å²) in [6, 6.07) is 0. The smallest absolute Gasteiger partial charge is 0.163 e. The van der Waals surface area contributed by atoms with Crippen molar-refractivity contribution < 1.29 is 19.7 Å². The van der Waals surface area contributed by atoms with Gasteiger partial charge in [-0.3, -0.25) is 0 Å². The predicted molar refractivity (Wildman–Crippen MR) is 112 cm³/mol. The molecule has 29 heavy (non-hydrogen) atoms. The molecule has 1 heterocycles. The maximum atomic E-state index is 12.2. The highest BCUT2D eigenvalue weighted by molar-refractivity contribution is 5.19. The monoisotopic (exact) mass is 404 g/mol. The zero-order chi connectivity index (χ0) is 20.4. The van der Waals surface area contributed by atoms with E-state index in [0.29, 0.717) is 36.9 Å². The maximum absolute atomic E-state index is 12.2. The zero-order valence-corrected chi connectivity index (χ0v) is 18.5. The first-order valence-corrected chi connectivity index (χ1v) is 12.1. The number of ether oxygens (including phenoxy) is 2. The van der Waals surface area contributed by atoms with Gasteiger partial charge in [0, 0.05) is 11.3 Å². The topological polar surface area (TPSA) is 58.9 Å². The van der Waals surface area contributed by atoms with Crippen LogP contribution < -0.4 is 0 Å². The van der Waals surface area contributed by atoms with E-state index in [1.807, 2.05) is 0 Å². The highest BCUT2D eigenvalue weighted by atomic mass is 16.7. The van der Waals surface area contributed by atoms with Gasteiger partial charge in [0.15, 0.2) is 6.29 Å². The largest absolute Gasteiger partial charge is 0.393 e. The summed E-state index contributed by atoms with van der Waals surface area (Å²) in [5.41, 5.74) is -0.368. The van der Waals surface area contributed by atoms with Gasteiger partial charge in [-0.05, 0) is 87.4 Å².